The Bertz CT molecular complexity index is 398. The van der Waals surface area contributed by atoms with Crippen molar-refractivity contribution in [2.45, 2.75) is 36.0 Å². The summed E-state index contributed by atoms with van der Waals surface area (Å²) in [7, 11) is 0. The lowest BCUT2D eigenvalue weighted by molar-refractivity contribution is 0.251. The molecule has 18 heavy (non-hydrogen) atoms. The number of likely N-dealkylation sites (tertiary alicyclic amines) is 1. The molecule has 1 aromatic carbocycles. The standard InChI is InChI=1S/C15H20ClNS/c1-11-6-7-17(14(11)9-16)10-13-8-12-4-2-3-5-15(12)18-13/h2-5,11,13-14H,6-10H2,1H3. The summed E-state index contributed by atoms with van der Waals surface area (Å²) in [5.74, 6) is 1.54. The van der Waals surface area contributed by atoms with E-state index in [-0.39, 0.29) is 0 Å². The number of alkyl halides is 1. The molecule has 3 heteroatoms. The van der Waals surface area contributed by atoms with Crippen molar-refractivity contribution in [3.05, 3.63) is 29.8 Å². The molecule has 3 unspecified atom stereocenters. The highest BCUT2D eigenvalue weighted by Gasteiger charge is 2.33. The minimum atomic E-state index is 0.593. The van der Waals surface area contributed by atoms with Crippen LogP contribution in [0.3, 0.4) is 0 Å². The van der Waals surface area contributed by atoms with Crippen LogP contribution in [-0.4, -0.2) is 35.2 Å². The van der Waals surface area contributed by atoms with Crippen LogP contribution in [0.4, 0.5) is 0 Å². The molecule has 0 aliphatic carbocycles. The number of benzene rings is 1. The molecular weight excluding hydrogens is 262 g/mol. The molecule has 1 saturated heterocycles. The summed E-state index contributed by atoms with van der Waals surface area (Å²) in [6.45, 7) is 4.76. The zero-order valence-corrected chi connectivity index (χ0v) is 12.4. The molecule has 3 rings (SSSR count). The van der Waals surface area contributed by atoms with Crippen molar-refractivity contribution < 1.29 is 0 Å². The molecule has 98 valence electrons. The molecule has 2 aliphatic rings. The van der Waals surface area contributed by atoms with Gasteiger partial charge in [0.05, 0.1) is 0 Å². The molecule has 0 N–H and O–H groups in total. The van der Waals surface area contributed by atoms with Gasteiger partial charge >= 0.3 is 0 Å². The molecule has 0 radical (unpaired) electrons. The average molecular weight is 282 g/mol. The number of thioether (sulfide) groups is 1. The van der Waals surface area contributed by atoms with Gasteiger partial charge in [0.15, 0.2) is 0 Å². The maximum atomic E-state index is 6.12. The van der Waals surface area contributed by atoms with Crippen molar-refractivity contribution in [1.82, 2.24) is 4.90 Å². The molecule has 0 spiro atoms. The minimum Gasteiger partial charge on any atom is -0.298 e. The van der Waals surface area contributed by atoms with Crippen molar-refractivity contribution in [1.29, 1.82) is 0 Å². The van der Waals surface area contributed by atoms with E-state index in [1.807, 2.05) is 0 Å². The molecule has 0 amide bonds. The summed E-state index contributed by atoms with van der Waals surface area (Å²) in [6.07, 6.45) is 2.53. The Labute approximate surface area is 119 Å². The third kappa shape index (κ3) is 2.43. The first-order valence-corrected chi connectivity index (χ1v) is 8.24. The monoisotopic (exact) mass is 281 g/mol. The minimum absolute atomic E-state index is 0.593. The molecule has 1 nitrogen and oxygen atoms in total. The Morgan fingerprint density at radius 2 is 2.22 bits per heavy atom. The fraction of sp³-hybridized carbons (Fsp3) is 0.600. The number of hydrogen-bond donors (Lipinski definition) is 0. The van der Waals surface area contributed by atoms with Gasteiger partial charge in [-0.15, -0.1) is 23.4 Å². The molecule has 3 atom stereocenters. The van der Waals surface area contributed by atoms with Gasteiger partial charge in [-0.2, -0.15) is 0 Å². The van der Waals surface area contributed by atoms with Gasteiger partial charge in [0.2, 0.25) is 0 Å². The highest BCUT2D eigenvalue weighted by atomic mass is 35.5. The first kappa shape index (κ1) is 12.8. The summed E-state index contributed by atoms with van der Waals surface area (Å²) < 4.78 is 0. The first-order chi connectivity index (χ1) is 8.78. The number of rotatable bonds is 3. The molecular formula is C15H20ClNS. The fourth-order valence-electron chi connectivity index (χ4n) is 3.18. The molecule has 0 bridgehead atoms. The van der Waals surface area contributed by atoms with Crippen molar-refractivity contribution in [3.63, 3.8) is 0 Å². The van der Waals surface area contributed by atoms with E-state index in [1.54, 1.807) is 0 Å². The fourth-order valence-corrected chi connectivity index (χ4v) is 5.03. The maximum absolute atomic E-state index is 6.12. The van der Waals surface area contributed by atoms with E-state index < -0.39 is 0 Å². The third-order valence-electron chi connectivity index (χ3n) is 4.31. The number of nitrogens with zero attached hydrogens (tertiary/aromatic N) is 1. The summed E-state index contributed by atoms with van der Waals surface area (Å²) in [6, 6.07) is 9.42. The highest BCUT2D eigenvalue weighted by molar-refractivity contribution is 8.00. The number of hydrogen-bond acceptors (Lipinski definition) is 2. The number of halogens is 1. The van der Waals surface area contributed by atoms with Gasteiger partial charge in [-0.25, -0.2) is 0 Å². The van der Waals surface area contributed by atoms with E-state index in [9.17, 15) is 0 Å². The van der Waals surface area contributed by atoms with E-state index in [0.29, 0.717) is 6.04 Å². The van der Waals surface area contributed by atoms with Crippen molar-refractivity contribution >= 4 is 23.4 Å². The van der Waals surface area contributed by atoms with Crippen molar-refractivity contribution in [2.75, 3.05) is 19.0 Å². The van der Waals surface area contributed by atoms with E-state index in [4.69, 9.17) is 11.6 Å². The van der Waals surface area contributed by atoms with Gasteiger partial charge in [-0.3, -0.25) is 4.90 Å². The van der Waals surface area contributed by atoms with Gasteiger partial charge in [-0.1, -0.05) is 25.1 Å². The van der Waals surface area contributed by atoms with E-state index in [0.717, 1.165) is 17.0 Å². The molecule has 2 heterocycles. The summed E-state index contributed by atoms with van der Waals surface area (Å²) in [4.78, 5) is 4.10. The predicted molar refractivity (Wildman–Crippen MR) is 79.7 cm³/mol. The number of fused-ring (bicyclic) bond motifs is 1. The Morgan fingerprint density at radius 1 is 1.39 bits per heavy atom. The quantitative estimate of drug-likeness (QED) is 0.778. The molecule has 0 saturated carbocycles. The molecule has 0 aromatic heterocycles. The summed E-state index contributed by atoms with van der Waals surface area (Å²) in [5.41, 5.74) is 1.53. The molecule has 2 aliphatic heterocycles. The third-order valence-corrected chi connectivity index (χ3v) is 5.93. The van der Waals surface area contributed by atoms with Gasteiger partial charge in [0, 0.05) is 28.6 Å². The second-order valence-corrected chi connectivity index (χ2v) is 7.19. The zero-order chi connectivity index (χ0) is 12.5. The highest BCUT2D eigenvalue weighted by Crippen LogP contribution is 2.38. The van der Waals surface area contributed by atoms with Crippen molar-refractivity contribution in [2.24, 2.45) is 5.92 Å². The van der Waals surface area contributed by atoms with Gasteiger partial charge in [0.25, 0.3) is 0 Å². The summed E-state index contributed by atoms with van der Waals surface area (Å²) in [5, 5.41) is 0.721. The van der Waals surface area contributed by atoms with Crippen LogP contribution in [0.5, 0.6) is 0 Å². The van der Waals surface area contributed by atoms with Crippen molar-refractivity contribution in [3.8, 4) is 0 Å². The summed E-state index contributed by atoms with van der Waals surface area (Å²) >= 11 is 8.18. The van der Waals surface area contributed by atoms with Crippen LogP contribution in [0.25, 0.3) is 0 Å². The van der Waals surface area contributed by atoms with Gasteiger partial charge < -0.3 is 0 Å². The van der Waals surface area contributed by atoms with Crippen LogP contribution in [0.1, 0.15) is 18.9 Å². The van der Waals surface area contributed by atoms with Crippen LogP contribution < -0.4 is 0 Å². The average Bonchev–Trinajstić information content (AvgIpc) is 2.93. The lowest BCUT2D eigenvalue weighted by Gasteiger charge is -2.27. The van der Waals surface area contributed by atoms with E-state index in [1.165, 1.54) is 36.4 Å². The topological polar surface area (TPSA) is 3.24 Å². The smallest absolute Gasteiger partial charge is 0.0382 e. The normalized spacial score (nSPS) is 31.8. The Balaban J connectivity index is 1.63. The zero-order valence-electron chi connectivity index (χ0n) is 10.8. The second-order valence-electron chi connectivity index (χ2n) is 5.53. The van der Waals surface area contributed by atoms with E-state index in [2.05, 4.69) is 47.9 Å². The maximum Gasteiger partial charge on any atom is 0.0382 e. The molecule has 1 aromatic rings. The van der Waals surface area contributed by atoms with Gasteiger partial charge in [-0.05, 0) is 36.9 Å². The largest absolute Gasteiger partial charge is 0.298 e. The Hall–Kier alpha value is -0.180. The van der Waals surface area contributed by atoms with Crippen LogP contribution in [0.15, 0.2) is 29.2 Å². The Kier molecular flexibility index (Phi) is 3.88. The second kappa shape index (κ2) is 5.44. The Morgan fingerprint density at radius 3 is 3.00 bits per heavy atom. The molecule has 1 fully saturated rings. The van der Waals surface area contributed by atoms with Crippen LogP contribution >= 0.6 is 23.4 Å². The van der Waals surface area contributed by atoms with Crippen LogP contribution in [0.2, 0.25) is 0 Å². The van der Waals surface area contributed by atoms with Crippen LogP contribution in [-0.2, 0) is 6.42 Å². The van der Waals surface area contributed by atoms with Crippen LogP contribution in [0, 0.1) is 5.92 Å². The predicted octanol–water partition coefficient (Wildman–Crippen LogP) is 3.65. The first-order valence-electron chi connectivity index (χ1n) is 6.82. The SMILES string of the molecule is CC1CCN(CC2Cc3ccccc3S2)C1CCl. The lowest BCUT2D eigenvalue weighted by atomic mass is 10.0. The van der Waals surface area contributed by atoms with Gasteiger partial charge in [0.1, 0.15) is 0 Å². The van der Waals surface area contributed by atoms with E-state index >= 15 is 0 Å². The lowest BCUT2D eigenvalue weighted by Crippen LogP contribution is -2.38.